The Labute approximate surface area is 98.7 Å². The minimum Gasteiger partial charge on any atom is -0.469 e. The summed E-state index contributed by atoms with van der Waals surface area (Å²) in [6.45, 7) is 3.93. The maximum Gasteiger partial charge on any atom is 0.261 e. The predicted molar refractivity (Wildman–Crippen MR) is 60.2 cm³/mol. The van der Waals surface area contributed by atoms with Gasteiger partial charge in [-0.3, -0.25) is 0 Å². The number of rotatable bonds is 4. The van der Waals surface area contributed by atoms with Gasteiger partial charge in [-0.05, 0) is 19.9 Å². The first kappa shape index (κ1) is 11.8. The molecule has 0 spiro atoms. The van der Waals surface area contributed by atoms with Gasteiger partial charge in [-0.15, -0.1) is 0 Å². The third-order valence-electron chi connectivity index (χ3n) is 2.47. The predicted octanol–water partition coefficient (Wildman–Crippen LogP) is 1.46. The summed E-state index contributed by atoms with van der Waals surface area (Å²) in [5.74, 6) is 1.54. The fourth-order valence-corrected chi connectivity index (χ4v) is 1.54. The van der Waals surface area contributed by atoms with Crippen LogP contribution in [0.15, 0.2) is 21.3 Å². The number of furan rings is 1. The molecule has 2 heterocycles. The van der Waals surface area contributed by atoms with Crippen molar-refractivity contribution in [2.75, 3.05) is 13.7 Å². The van der Waals surface area contributed by atoms with Gasteiger partial charge < -0.3 is 19.4 Å². The van der Waals surface area contributed by atoms with Gasteiger partial charge in [0.05, 0.1) is 18.4 Å². The summed E-state index contributed by atoms with van der Waals surface area (Å²) in [5, 5.41) is 3.87. The molecule has 0 amide bonds. The summed E-state index contributed by atoms with van der Waals surface area (Å²) in [6.07, 6.45) is 1.57. The molecule has 1 atom stereocenters. The SMILES string of the molecule is COCC(C)(N)c1noc(-c2ccoc2C)n1. The summed E-state index contributed by atoms with van der Waals surface area (Å²) in [6, 6.07) is 1.77. The normalized spacial score (nSPS) is 14.8. The summed E-state index contributed by atoms with van der Waals surface area (Å²) in [5.41, 5.74) is 6.03. The van der Waals surface area contributed by atoms with Crippen molar-refractivity contribution in [2.45, 2.75) is 19.4 Å². The molecule has 0 radical (unpaired) electrons. The van der Waals surface area contributed by atoms with Crippen LogP contribution >= 0.6 is 0 Å². The molecule has 0 fully saturated rings. The maximum atomic E-state index is 6.02. The van der Waals surface area contributed by atoms with Crippen molar-refractivity contribution < 1.29 is 13.7 Å². The molecule has 2 rings (SSSR count). The lowest BCUT2D eigenvalue weighted by Gasteiger charge is -2.18. The highest BCUT2D eigenvalue weighted by Crippen LogP contribution is 2.24. The number of nitrogens with zero attached hydrogens (tertiary/aromatic N) is 2. The number of aromatic nitrogens is 2. The Balaban J connectivity index is 2.31. The fourth-order valence-electron chi connectivity index (χ4n) is 1.54. The first-order chi connectivity index (χ1) is 8.04. The van der Waals surface area contributed by atoms with E-state index in [4.69, 9.17) is 19.4 Å². The molecule has 2 aromatic heterocycles. The molecular formula is C11H15N3O3. The van der Waals surface area contributed by atoms with Crippen molar-refractivity contribution in [3.63, 3.8) is 0 Å². The Kier molecular flexibility index (Phi) is 2.99. The lowest BCUT2D eigenvalue weighted by molar-refractivity contribution is 0.135. The Morgan fingerprint density at radius 1 is 1.53 bits per heavy atom. The summed E-state index contributed by atoms with van der Waals surface area (Å²) in [7, 11) is 1.58. The number of hydrogen-bond donors (Lipinski definition) is 1. The van der Waals surface area contributed by atoms with Gasteiger partial charge in [0, 0.05) is 7.11 Å². The van der Waals surface area contributed by atoms with Crippen LogP contribution in [0.1, 0.15) is 18.5 Å². The van der Waals surface area contributed by atoms with Crippen molar-refractivity contribution in [1.29, 1.82) is 0 Å². The lowest BCUT2D eigenvalue weighted by atomic mass is 10.1. The van der Waals surface area contributed by atoms with Crippen molar-refractivity contribution in [3.8, 4) is 11.5 Å². The highest BCUT2D eigenvalue weighted by molar-refractivity contribution is 5.54. The van der Waals surface area contributed by atoms with Crippen LogP contribution in [0.3, 0.4) is 0 Å². The van der Waals surface area contributed by atoms with Crippen LogP contribution in [-0.2, 0) is 10.3 Å². The maximum absolute atomic E-state index is 6.02. The molecular weight excluding hydrogens is 222 g/mol. The second-order valence-corrected chi connectivity index (χ2v) is 4.16. The van der Waals surface area contributed by atoms with Crippen molar-refractivity contribution in [2.24, 2.45) is 5.73 Å². The molecule has 2 N–H and O–H groups in total. The van der Waals surface area contributed by atoms with Crippen molar-refractivity contribution in [3.05, 3.63) is 23.9 Å². The van der Waals surface area contributed by atoms with E-state index in [0.29, 0.717) is 18.3 Å². The molecule has 2 aromatic rings. The van der Waals surface area contributed by atoms with Crippen LogP contribution in [0.25, 0.3) is 11.5 Å². The molecule has 17 heavy (non-hydrogen) atoms. The number of hydrogen-bond acceptors (Lipinski definition) is 6. The third kappa shape index (κ3) is 2.22. The number of methoxy groups -OCH3 is 1. The van der Waals surface area contributed by atoms with E-state index >= 15 is 0 Å². The first-order valence-electron chi connectivity index (χ1n) is 5.21. The molecule has 0 saturated heterocycles. The van der Waals surface area contributed by atoms with Crippen molar-refractivity contribution in [1.82, 2.24) is 10.1 Å². The summed E-state index contributed by atoms with van der Waals surface area (Å²) < 4.78 is 15.4. The Morgan fingerprint density at radius 3 is 2.88 bits per heavy atom. The number of nitrogens with two attached hydrogens (primary N) is 1. The van der Waals surface area contributed by atoms with Crippen LogP contribution in [0.2, 0.25) is 0 Å². The van der Waals surface area contributed by atoms with Gasteiger partial charge >= 0.3 is 0 Å². The molecule has 6 heteroatoms. The molecule has 92 valence electrons. The average Bonchev–Trinajstić information content (AvgIpc) is 2.85. The monoisotopic (exact) mass is 237 g/mol. The van der Waals surface area contributed by atoms with Crippen LogP contribution in [0.5, 0.6) is 0 Å². The molecule has 0 aliphatic heterocycles. The zero-order valence-electron chi connectivity index (χ0n) is 10.1. The second kappa shape index (κ2) is 4.31. The van der Waals surface area contributed by atoms with Crippen LogP contribution in [0, 0.1) is 6.92 Å². The minimum atomic E-state index is -0.770. The molecule has 0 saturated carbocycles. The van der Waals surface area contributed by atoms with Gasteiger partial charge in [-0.25, -0.2) is 0 Å². The van der Waals surface area contributed by atoms with E-state index < -0.39 is 5.54 Å². The Morgan fingerprint density at radius 2 is 2.29 bits per heavy atom. The van der Waals surface area contributed by atoms with E-state index in [-0.39, 0.29) is 0 Å². The second-order valence-electron chi connectivity index (χ2n) is 4.16. The van der Waals surface area contributed by atoms with E-state index in [0.717, 1.165) is 11.3 Å². The Bertz CT molecular complexity index is 502. The van der Waals surface area contributed by atoms with Gasteiger partial charge in [-0.2, -0.15) is 4.98 Å². The lowest BCUT2D eigenvalue weighted by Crippen LogP contribution is -2.38. The number of ether oxygens (including phenoxy) is 1. The minimum absolute atomic E-state index is 0.316. The molecule has 0 aliphatic carbocycles. The van der Waals surface area contributed by atoms with Gasteiger partial charge in [0.25, 0.3) is 5.89 Å². The zero-order chi connectivity index (χ0) is 12.5. The van der Waals surface area contributed by atoms with Gasteiger partial charge in [-0.1, -0.05) is 5.16 Å². The van der Waals surface area contributed by atoms with E-state index in [1.807, 2.05) is 6.92 Å². The highest BCUT2D eigenvalue weighted by Gasteiger charge is 2.28. The van der Waals surface area contributed by atoms with E-state index in [1.165, 1.54) is 0 Å². The highest BCUT2D eigenvalue weighted by atomic mass is 16.5. The largest absolute Gasteiger partial charge is 0.469 e. The molecule has 1 unspecified atom stereocenters. The van der Waals surface area contributed by atoms with E-state index in [1.54, 1.807) is 26.4 Å². The standard InChI is InChI=1S/C11H15N3O3/c1-7-8(4-5-16-7)9-13-10(14-17-9)11(2,12)6-15-3/h4-5H,6,12H2,1-3H3. The number of aryl methyl sites for hydroxylation is 1. The Hall–Kier alpha value is -1.66. The third-order valence-corrected chi connectivity index (χ3v) is 2.47. The topological polar surface area (TPSA) is 87.3 Å². The zero-order valence-corrected chi connectivity index (χ0v) is 10.1. The van der Waals surface area contributed by atoms with Crippen LogP contribution in [-0.4, -0.2) is 23.9 Å². The van der Waals surface area contributed by atoms with Crippen LogP contribution < -0.4 is 5.73 Å². The van der Waals surface area contributed by atoms with Crippen LogP contribution in [0.4, 0.5) is 0 Å². The van der Waals surface area contributed by atoms with E-state index in [2.05, 4.69) is 10.1 Å². The van der Waals surface area contributed by atoms with Gasteiger partial charge in [0.1, 0.15) is 11.3 Å². The van der Waals surface area contributed by atoms with E-state index in [9.17, 15) is 0 Å². The first-order valence-corrected chi connectivity index (χ1v) is 5.21. The molecule has 0 aliphatic rings. The quantitative estimate of drug-likeness (QED) is 0.866. The molecule has 0 bridgehead atoms. The molecule has 0 aromatic carbocycles. The fraction of sp³-hybridized carbons (Fsp3) is 0.455. The van der Waals surface area contributed by atoms with Gasteiger partial charge in [0.15, 0.2) is 5.82 Å². The van der Waals surface area contributed by atoms with Crippen molar-refractivity contribution >= 4 is 0 Å². The average molecular weight is 237 g/mol. The summed E-state index contributed by atoms with van der Waals surface area (Å²) >= 11 is 0. The summed E-state index contributed by atoms with van der Waals surface area (Å²) in [4.78, 5) is 4.26. The molecule has 6 nitrogen and oxygen atoms in total. The smallest absolute Gasteiger partial charge is 0.261 e. The van der Waals surface area contributed by atoms with Gasteiger partial charge in [0.2, 0.25) is 0 Å².